The van der Waals surface area contributed by atoms with Crippen LogP contribution < -0.4 is 10.6 Å². The van der Waals surface area contributed by atoms with Gasteiger partial charge in [0.05, 0.1) is 18.7 Å². The summed E-state index contributed by atoms with van der Waals surface area (Å²) < 4.78 is 39.5. The molecule has 0 heterocycles. The number of carbonyl (C=O) groups is 1. The second-order valence-corrected chi connectivity index (χ2v) is 5.25. The molecule has 7 heteroatoms. The van der Waals surface area contributed by atoms with Crippen molar-refractivity contribution in [3.8, 4) is 0 Å². The van der Waals surface area contributed by atoms with Gasteiger partial charge in [-0.15, -0.1) is 0 Å². The molecule has 0 aliphatic heterocycles. The van der Waals surface area contributed by atoms with E-state index in [4.69, 9.17) is 10.8 Å². The summed E-state index contributed by atoms with van der Waals surface area (Å²) in [5, 5.41) is 8.99. The maximum absolute atomic E-state index is 13.2. The summed E-state index contributed by atoms with van der Waals surface area (Å²) in [6.07, 6.45) is -4.58. The fourth-order valence-corrected chi connectivity index (χ4v) is 2.06. The van der Waals surface area contributed by atoms with Crippen LogP contribution in [0.2, 0.25) is 0 Å². The molecule has 118 valence electrons. The Morgan fingerprint density at radius 2 is 2.00 bits per heavy atom. The molecule has 0 bridgehead atoms. The molecule has 1 rings (SSSR count). The van der Waals surface area contributed by atoms with Crippen molar-refractivity contribution >= 4 is 11.6 Å². The number of hydrogen-bond donors (Lipinski definition) is 2. The third-order valence-electron chi connectivity index (χ3n) is 2.82. The Morgan fingerprint density at radius 3 is 2.43 bits per heavy atom. The first-order valence-electron chi connectivity index (χ1n) is 6.49. The zero-order chi connectivity index (χ0) is 16.2. The maximum Gasteiger partial charge on any atom is 0.418 e. The Balaban J connectivity index is 3.31. The molecule has 0 atom stereocenters. The fourth-order valence-electron chi connectivity index (χ4n) is 2.06. The van der Waals surface area contributed by atoms with Crippen LogP contribution in [0.1, 0.15) is 25.0 Å². The Hall–Kier alpha value is -1.76. The van der Waals surface area contributed by atoms with Crippen molar-refractivity contribution in [1.29, 1.82) is 0 Å². The van der Waals surface area contributed by atoms with E-state index in [1.54, 1.807) is 0 Å². The van der Waals surface area contributed by atoms with E-state index in [2.05, 4.69) is 0 Å². The molecule has 21 heavy (non-hydrogen) atoms. The van der Waals surface area contributed by atoms with Gasteiger partial charge in [0.2, 0.25) is 5.91 Å². The van der Waals surface area contributed by atoms with E-state index in [0.29, 0.717) is 0 Å². The lowest BCUT2D eigenvalue weighted by molar-refractivity contribution is -0.137. The van der Waals surface area contributed by atoms with Gasteiger partial charge in [0.25, 0.3) is 0 Å². The number of anilines is 1. The van der Waals surface area contributed by atoms with Gasteiger partial charge in [-0.25, -0.2) is 0 Å². The number of alkyl halides is 3. The average molecular weight is 304 g/mol. The van der Waals surface area contributed by atoms with E-state index in [-0.39, 0.29) is 30.3 Å². The van der Waals surface area contributed by atoms with Crippen molar-refractivity contribution in [2.45, 2.75) is 26.6 Å². The van der Waals surface area contributed by atoms with Crippen LogP contribution in [0.4, 0.5) is 18.9 Å². The summed E-state index contributed by atoms with van der Waals surface area (Å²) in [4.78, 5) is 12.4. The molecule has 3 N–H and O–H groups in total. The van der Waals surface area contributed by atoms with Crippen LogP contribution >= 0.6 is 0 Å². The molecule has 0 saturated carbocycles. The number of primary amides is 1. The number of nitrogens with zero attached hydrogens (tertiary/aromatic N) is 1. The molecule has 0 aromatic heterocycles. The number of aliphatic hydroxyl groups is 1. The van der Waals surface area contributed by atoms with E-state index in [9.17, 15) is 18.0 Å². The van der Waals surface area contributed by atoms with E-state index < -0.39 is 24.3 Å². The number of amides is 1. The van der Waals surface area contributed by atoms with Crippen molar-refractivity contribution in [2.75, 3.05) is 18.0 Å². The van der Waals surface area contributed by atoms with Crippen LogP contribution in [0.3, 0.4) is 0 Å². The standard InChI is InChI=1S/C14H19F3N2O2/c1-9(2)6-19(7-13(18)21)12-4-3-10(8-20)5-11(12)14(15,16)17/h3-5,9,20H,6-8H2,1-2H3,(H2,18,21). The minimum Gasteiger partial charge on any atom is -0.392 e. The Kier molecular flexibility index (Phi) is 5.60. The largest absolute Gasteiger partial charge is 0.418 e. The second kappa shape index (κ2) is 6.80. The molecule has 0 radical (unpaired) electrons. The van der Waals surface area contributed by atoms with Gasteiger partial charge in [0.15, 0.2) is 0 Å². The molecule has 1 aromatic carbocycles. The van der Waals surface area contributed by atoms with Crippen molar-refractivity contribution in [3.05, 3.63) is 29.3 Å². The molecule has 0 fully saturated rings. The lowest BCUT2D eigenvalue weighted by Gasteiger charge is -2.28. The highest BCUT2D eigenvalue weighted by Crippen LogP contribution is 2.37. The lowest BCUT2D eigenvalue weighted by Crippen LogP contribution is -2.37. The highest BCUT2D eigenvalue weighted by Gasteiger charge is 2.35. The monoisotopic (exact) mass is 304 g/mol. The Bertz CT molecular complexity index is 501. The summed E-state index contributed by atoms with van der Waals surface area (Å²) >= 11 is 0. The first-order chi connectivity index (χ1) is 9.65. The molecular weight excluding hydrogens is 285 g/mol. The number of aliphatic hydroxyl groups excluding tert-OH is 1. The first kappa shape index (κ1) is 17.3. The molecular formula is C14H19F3N2O2. The summed E-state index contributed by atoms with van der Waals surface area (Å²) in [7, 11) is 0. The number of halogens is 3. The minimum atomic E-state index is -4.58. The number of benzene rings is 1. The highest BCUT2D eigenvalue weighted by molar-refractivity contribution is 5.80. The summed E-state index contributed by atoms with van der Waals surface area (Å²) in [6, 6.07) is 3.56. The quantitative estimate of drug-likeness (QED) is 0.846. The van der Waals surface area contributed by atoms with Gasteiger partial charge in [-0.2, -0.15) is 13.2 Å². The molecule has 0 saturated heterocycles. The fraction of sp³-hybridized carbons (Fsp3) is 0.500. The van der Waals surface area contributed by atoms with E-state index >= 15 is 0 Å². The second-order valence-electron chi connectivity index (χ2n) is 5.25. The molecule has 1 aromatic rings. The SMILES string of the molecule is CC(C)CN(CC(N)=O)c1ccc(CO)cc1C(F)(F)F. The number of rotatable bonds is 6. The van der Waals surface area contributed by atoms with Crippen molar-refractivity contribution in [3.63, 3.8) is 0 Å². The topological polar surface area (TPSA) is 66.6 Å². The van der Waals surface area contributed by atoms with Gasteiger partial charge >= 0.3 is 6.18 Å². The van der Waals surface area contributed by atoms with Crippen molar-refractivity contribution in [2.24, 2.45) is 11.7 Å². The van der Waals surface area contributed by atoms with Crippen LogP contribution in [0.25, 0.3) is 0 Å². The molecule has 4 nitrogen and oxygen atoms in total. The Labute approximate surface area is 121 Å². The molecule has 0 spiro atoms. The van der Waals surface area contributed by atoms with Gasteiger partial charge < -0.3 is 15.7 Å². The van der Waals surface area contributed by atoms with Gasteiger partial charge in [0.1, 0.15) is 0 Å². The van der Waals surface area contributed by atoms with Gasteiger partial charge in [-0.3, -0.25) is 4.79 Å². The van der Waals surface area contributed by atoms with Gasteiger partial charge in [-0.1, -0.05) is 19.9 Å². The zero-order valence-electron chi connectivity index (χ0n) is 11.9. The third kappa shape index (κ3) is 4.93. The normalized spacial score (nSPS) is 11.8. The van der Waals surface area contributed by atoms with E-state index in [1.165, 1.54) is 17.0 Å². The molecule has 0 aliphatic rings. The average Bonchev–Trinajstić information content (AvgIpc) is 2.35. The molecule has 0 aliphatic carbocycles. The van der Waals surface area contributed by atoms with Crippen LogP contribution in [0.5, 0.6) is 0 Å². The number of carbonyl (C=O) groups excluding carboxylic acids is 1. The van der Waals surface area contributed by atoms with Crippen LogP contribution in [-0.2, 0) is 17.6 Å². The van der Waals surface area contributed by atoms with Crippen LogP contribution in [0.15, 0.2) is 18.2 Å². The van der Waals surface area contributed by atoms with Gasteiger partial charge in [0, 0.05) is 12.2 Å². The highest BCUT2D eigenvalue weighted by atomic mass is 19.4. The Morgan fingerprint density at radius 1 is 1.38 bits per heavy atom. The minimum absolute atomic E-state index is 0.0583. The van der Waals surface area contributed by atoms with E-state index in [1.807, 2.05) is 13.8 Å². The maximum atomic E-state index is 13.2. The predicted octanol–water partition coefficient (Wildman–Crippen LogP) is 2.15. The molecule has 1 amide bonds. The number of nitrogens with two attached hydrogens (primary N) is 1. The third-order valence-corrected chi connectivity index (χ3v) is 2.82. The van der Waals surface area contributed by atoms with Crippen LogP contribution in [-0.4, -0.2) is 24.1 Å². The van der Waals surface area contributed by atoms with Crippen LogP contribution in [0, 0.1) is 5.92 Å². The number of hydrogen-bond acceptors (Lipinski definition) is 3. The van der Waals surface area contributed by atoms with E-state index in [0.717, 1.165) is 6.07 Å². The summed E-state index contributed by atoms with van der Waals surface area (Å²) in [5.41, 5.74) is 4.30. The molecule has 0 unspecified atom stereocenters. The lowest BCUT2D eigenvalue weighted by atomic mass is 10.1. The van der Waals surface area contributed by atoms with Crippen molar-refractivity contribution in [1.82, 2.24) is 0 Å². The first-order valence-corrected chi connectivity index (χ1v) is 6.49. The predicted molar refractivity (Wildman–Crippen MR) is 73.6 cm³/mol. The van der Waals surface area contributed by atoms with Crippen molar-refractivity contribution < 1.29 is 23.1 Å². The zero-order valence-corrected chi connectivity index (χ0v) is 11.9. The summed E-state index contributed by atoms with van der Waals surface area (Å²) in [6.45, 7) is 3.17. The summed E-state index contributed by atoms with van der Waals surface area (Å²) in [5.74, 6) is -0.641. The van der Waals surface area contributed by atoms with Gasteiger partial charge in [-0.05, 0) is 23.6 Å². The smallest absolute Gasteiger partial charge is 0.392 e.